The lowest BCUT2D eigenvalue weighted by Gasteiger charge is -2.26. The van der Waals surface area contributed by atoms with Gasteiger partial charge in [0.2, 0.25) is 0 Å². The molecule has 2 aromatic rings. The Hall–Kier alpha value is -2.16. The molecule has 0 radical (unpaired) electrons. The highest BCUT2D eigenvalue weighted by Crippen LogP contribution is 2.19. The van der Waals surface area contributed by atoms with Crippen LogP contribution < -0.4 is 5.32 Å². The maximum Gasteiger partial charge on any atom is 0.322 e. The molecule has 0 spiro atoms. The zero-order valence-corrected chi connectivity index (χ0v) is 17.4. The number of ether oxygens (including phenoxy) is 1. The van der Waals surface area contributed by atoms with Gasteiger partial charge in [-0.3, -0.25) is 4.79 Å². The van der Waals surface area contributed by atoms with Crippen LogP contribution in [-0.2, 0) is 11.3 Å². The van der Waals surface area contributed by atoms with Crippen molar-refractivity contribution in [1.29, 1.82) is 0 Å². The molecule has 1 fully saturated rings. The van der Waals surface area contributed by atoms with Crippen LogP contribution in [0.1, 0.15) is 29.3 Å². The minimum atomic E-state index is -0.242. The number of halogens is 1. The fraction of sp³-hybridized carbons (Fsp3) is 0.421. The number of anilines is 1. The number of thiazole rings is 1. The van der Waals surface area contributed by atoms with Crippen LogP contribution in [0.4, 0.5) is 10.5 Å². The van der Waals surface area contributed by atoms with Crippen molar-refractivity contribution in [2.24, 2.45) is 0 Å². The fourth-order valence-corrected chi connectivity index (χ4v) is 3.76. The number of morpholine rings is 1. The van der Waals surface area contributed by atoms with Gasteiger partial charge >= 0.3 is 6.03 Å². The van der Waals surface area contributed by atoms with Crippen molar-refractivity contribution in [2.75, 3.05) is 31.6 Å². The Labute approximate surface area is 173 Å². The molecule has 1 aromatic heterocycles. The van der Waals surface area contributed by atoms with Crippen molar-refractivity contribution in [3.8, 4) is 0 Å². The lowest BCUT2D eigenvalue weighted by atomic mass is 10.3. The van der Waals surface area contributed by atoms with Gasteiger partial charge < -0.3 is 19.9 Å². The Morgan fingerprint density at radius 2 is 2.11 bits per heavy atom. The molecule has 1 aromatic carbocycles. The summed E-state index contributed by atoms with van der Waals surface area (Å²) in [6.07, 6.45) is 0. The Bertz CT molecular complexity index is 836. The van der Waals surface area contributed by atoms with E-state index in [0.29, 0.717) is 54.3 Å². The van der Waals surface area contributed by atoms with Gasteiger partial charge in [-0.15, -0.1) is 11.3 Å². The summed E-state index contributed by atoms with van der Waals surface area (Å²) in [6, 6.07) is 6.72. The van der Waals surface area contributed by atoms with Crippen molar-refractivity contribution in [3.63, 3.8) is 0 Å². The molecule has 1 N–H and O–H groups in total. The van der Waals surface area contributed by atoms with E-state index in [4.69, 9.17) is 16.3 Å². The second kappa shape index (κ2) is 9.36. The summed E-state index contributed by atoms with van der Waals surface area (Å²) in [6.45, 7) is 6.44. The molecule has 1 saturated heterocycles. The third-order valence-corrected chi connectivity index (χ3v) is 5.40. The molecule has 0 atom stereocenters. The van der Waals surface area contributed by atoms with Gasteiger partial charge in [-0.1, -0.05) is 17.7 Å². The van der Waals surface area contributed by atoms with Crippen LogP contribution in [-0.4, -0.2) is 59.1 Å². The first-order valence-corrected chi connectivity index (χ1v) is 10.3. The molecule has 3 amide bonds. The second-order valence-electron chi connectivity index (χ2n) is 6.69. The predicted octanol–water partition coefficient (Wildman–Crippen LogP) is 3.71. The number of carbonyl (C=O) groups excluding carboxylic acids is 2. The number of benzene rings is 1. The summed E-state index contributed by atoms with van der Waals surface area (Å²) in [7, 11) is 0. The van der Waals surface area contributed by atoms with Crippen LogP contribution in [0.15, 0.2) is 29.6 Å². The van der Waals surface area contributed by atoms with Gasteiger partial charge in [0.15, 0.2) is 0 Å². The highest BCUT2D eigenvalue weighted by molar-refractivity contribution is 7.09. The highest BCUT2D eigenvalue weighted by Gasteiger charge is 2.23. The van der Waals surface area contributed by atoms with Gasteiger partial charge in [0.05, 0.1) is 19.8 Å². The van der Waals surface area contributed by atoms with Crippen molar-refractivity contribution >= 4 is 40.6 Å². The van der Waals surface area contributed by atoms with Crippen molar-refractivity contribution in [1.82, 2.24) is 14.8 Å². The number of aromatic nitrogens is 1. The number of amides is 3. The van der Waals surface area contributed by atoms with Crippen LogP contribution in [0, 0.1) is 0 Å². The number of urea groups is 1. The monoisotopic (exact) mass is 422 g/mol. The van der Waals surface area contributed by atoms with Gasteiger partial charge in [0.25, 0.3) is 5.91 Å². The second-order valence-corrected chi connectivity index (χ2v) is 8.07. The SMILES string of the molecule is CC(C)N(Cc1nc(C(=O)N2CCOCC2)cs1)C(=O)Nc1cccc(Cl)c1. The molecule has 2 heterocycles. The minimum Gasteiger partial charge on any atom is -0.378 e. The Morgan fingerprint density at radius 3 is 2.79 bits per heavy atom. The summed E-state index contributed by atoms with van der Waals surface area (Å²) < 4.78 is 5.28. The molecule has 1 aliphatic rings. The molecule has 0 aliphatic carbocycles. The van der Waals surface area contributed by atoms with E-state index in [2.05, 4.69) is 10.3 Å². The summed E-state index contributed by atoms with van der Waals surface area (Å²) in [4.78, 5) is 33.1. The molecule has 150 valence electrons. The first kappa shape index (κ1) is 20.6. The van der Waals surface area contributed by atoms with Crippen LogP contribution in [0.5, 0.6) is 0 Å². The van der Waals surface area contributed by atoms with Crippen molar-refractivity contribution in [2.45, 2.75) is 26.4 Å². The molecule has 1 aliphatic heterocycles. The van der Waals surface area contributed by atoms with Crippen LogP contribution in [0.25, 0.3) is 0 Å². The topological polar surface area (TPSA) is 74.8 Å². The van der Waals surface area contributed by atoms with Crippen LogP contribution in [0.3, 0.4) is 0 Å². The van der Waals surface area contributed by atoms with E-state index in [1.54, 1.807) is 39.4 Å². The van der Waals surface area contributed by atoms with Gasteiger partial charge in [-0.2, -0.15) is 0 Å². The molecular formula is C19H23ClN4O3S. The van der Waals surface area contributed by atoms with Gasteiger partial charge in [-0.25, -0.2) is 9.78 Å². The van der Waals surface area contributed by atoms with Crippen LogP contribution >= 0.6 is 22.9 Å². The van der Waals surface area contributed by atoms with E-state index in [0.717, 1.165) is 0 Å². The van der Waals surface area contributed by atoms with Crippen molar-refractivity contribution < 1.29 is 14.3 Å². The van der Waals surface area contributed by atoms with E-state index >= 15 is 0 Å². The van der Waals surface area contributed by atoms with Gasteiger partial charge in [0.1, 0.15) is 10.7 Å². The normalized spacial score (nSPS) is 14.2. The lowest BCUT2D eigenvalue weighted by molar-refractivity contribution is 0.0299. The van der Waals surface area contributed by atoms with Crippen LogP contribution in [0.2, 0.25) is 5.02 Å². The quantitative estimate of drug-likeness (QED) is 0.796. The van der Waals surface area contributed by atoms with Crippen molar-refractivity contribution in [3.05, 3.63) is 45.4 Å². The fourth-order valence-electron chi connectivity index (χ4n) is 2.81. The van der Waals surface area contributed by atoms with Gasteiger partial charge in [-0.05, 0) is 32.0 Å². The van der Waals surface area contributed by atoms with E-state index < -0.39 is 0 Å². The molecule has 0 saturated carbocycles. The molecule has 0 unspecified atom stereocenters. The molecule has 7 nitrogen and oxygen atoms in total. The third kappa shape index (κ3) is 5.21. The average molecular weight is 423 g/mol. The summed E-state index contributed by atoms with van der Waals surface area (Å²) in [5.41, 5.74) is 1.05. The molecular weight excluding hydrogens is 400 g/mol. The Kier molecular flexibility index (Phi) is 6.88. The third-order valence-electron chi connectivity index (χ3n) is 4.33. The summed E-state index contributed by atoms with van der Waals surface area (Å²) in [5.74, 6) is -0.0923. The number of nitrogens with zero attached hydrogens (tertiary/aromatic N) is 3. The maximum absolute atomic E-state index is 12.7. The molecule has 9 heteroatoms. The average Bonchev–Trinajstić information content (AvgIpc) is 3.14. The van der Waals surface area contributed by atoms with E-state index in [9.17, 15) is 9.59 Å². The highest BCUT2D eigenvalue weighted by atomic mass is 35.5. The van der Waals surface area contributed by atoms with Gasteiger partial charge in [0, 0.05) is 35.2 Å². The Morgan fingerprint density at radius 1 is 1.36 bits per heavy atom. The first-order chi connectivity index (χ1) is 13.4. The van der Waals surface area contributed by atoms with E-state index in [1.165, 1.54) is 11.3 Å². The summed E-state index contributed by atoms with van der Waals surface area (Å²) >= 11 is 7.36. The maximum atomic E-state index is 12.7. The summed E-state index contributed by atoms with van der Waals surface area (Å²) in [5, 5.41) is 5.88. The number of hydrogen-bond donors (Lipinski definition) is 1. The lowest BCUT2D eigenvalue weighted by Crippen LogP contribution is -2.41. The molecule has 0 bridgehead atoms. The molecule has 28 heavy (non-hydrogen) atoms. The number of nitrogens with one attached hydrogen (secondary N) is 1. The zero-order chi connectivity index (χ0) is 20.1. The smallest absolute Gasteiger partial charge is 0.322 e. The molecule has 3 rings (SSSR count). The predicted molar refractivity (Wildman–Crippen MR) is 110 cm³/mol. The largest absolute Gasteiger partial charge is 0.378 e. The first-order valence-electron chi connectivity index (χ1n) is 9.08. The van der Waals surface area contributed by atoms with E-state index in [-0.39, 0.29) is 18.0 Å². The number of rotatable bonds is 5. The number of hydrogen-bond acceptors (Lipinski definition) is 5. The zero-order valence-electron chi connectivity index (χ0n) is 15.9. The Balaban J connectivity index is 1.66. The minimum absolute atomic E-state index is 0.0403. The number of carbonyl (C=O) groups is 2. The van der Waals surface area contributed by atoms with E-state index in [1.807, 2.05) is 13.8 Å². The standard InChI is InChI=1S/C19H23ClN4O3S/c1-13(2)24(19(26)21-15-5-3-4-14(20)10-15)11-17-22-16(12-28-17)18(25)23-6-8-27-9-7-23/h3-5,10,12-13H,6-9,11H2,1-2H3,(H,21,26).